The Morgan fingerprint density at radius 2 is 1.43 bits per heavy atom. The molecule has 0 aliphatic carbocycles. The van der Waals surface area contributed by atoms with E-state index >= 15 is 0 Å². The smallest absolute Gasteiger partial charge is 0.273 e. The lowest BCUT2D eigenvalue weighted by atomic mass is 10.0. The highest BCUT2D eigenvalue weighted by molar-refractivity contribution is 6.30. The summed E-state index contributed by atoms with van der Waals surface area (Å²) in [6.45, 7) is 3.41. The van der Waals surface area contributed by atoms with Crippen molar-refractivity contribution in [1.82, 2.24) is 10.0 Å². The van der Waals surface area contributed by atoms with E-state index in [0.717, 1.165) is 15.6 Å². The number of amides is 3. The highest BCUT2D eigenvalue weighted by Gasteiger charge is 2.41. The number of rotatable bonds is 5. The molecule has 1 aliphatic heterocycles. The highest BCUT2D eigenvalue weighted by Crippen LogP contribution is 2.23. The van der Waals surface area contributed by atoms with Crippen LogP contribution in [0.25, 0.3) is 0 Å². The van der Waals surface area contributed by atoms with Crippen molar-refractivity contribution in [3.05, 3.63) is 70.2 Å². The molecule has 7 heteroatoms. The quantitative estimate of drug-likeness (QED) is 0.571. The molecule has 1 heterocycles. The molecule has 144 valence electrons. The van der Waals surface area contributed by atoms with Crippen LogP contribution in [-0.2, 0) is 9.59 Å². The van der Waals surface area contributed by atoms with Gasteiger partial charge < -0.3 is 0 Å². The van der Waals surface area contributed by atoms with E-state index in [1.165, 1.54) is 31.2 Å². The van der Waals surface area contributed by atoms with Crippen molar-refractivity contribution in [3.63, 3.8) is 0 Å². The van der Waals surface area contributed by atoms with Crippen molar-refractivity contribution in [2.24, 2.45) is 0 Å². The number of hydrogen-bond donors (Lipinski definition) is 0. The second-order valence-corrected chi connectivity index (χ2v) is 7.10. The van der Waals surface area contributed by atoms with E-state index < -0.39 is 23.8 Å². The molecule has 1 fully saturated rings. The van der Waals surface area contributed by atoms with Crippen LogP contribution in [0.15, 0.2) is 48.5 Å². The number of hydrazine groups is 1. The van der Waals surface area contributed by atoms with E-state index in [2.05, 4.69) is 0 Å². The van der Waals surface area contributed by atoms with Crippen molar-refractivity contribution in [2.45, 2.75) is 32.7 Å². The molecule has 1 aliphatic rings. The van der Waals surface area contributed by atoms with Crippen LogP contribution in [0.2, 0.25) is 5.02 Å². The van der Waals surface area contributed by atoms with Crippen LogP contribution in [0.5, 0.6) is 0 Å². The predicted molar refractivity (Wildman–Crippen MR) is 104 cm³/mol. The van der Waals surface area contributed by atoms with Crippen LogP contribution in [0, 0.1) is 6.92 Å². The first-order chi connectivity index (χ1) is 13.3. The van der Waals surface area contributed by atoms with Gasteiger partial charge in [0.1, 0.15) is 6.04 Å². The number of carbonyl (C=O) groups is 4. The first-order valence-electron chi connectivity index (χ1n) is 8.85. The summed E-state index contributed by atoms with van der Waals surface area (Å²) in [5.41, 5.74) is 1.61. The van der Waals surface area contributed by atoms with Gasteiger partial charge in [-0.05, 0) is 38.1 Å². The van der Waals surface area contributed by atoms with Gasteiger partial charge in [-0.2, -0.15) is 5.01 Å². The van der Waals surface area contributed by atoms with Crippen LogP contribution in [0.4, 0.5) is 0 Å². The van der Waals surface area contributed by atoms with Crippen molar-refractivity contribution < 1.29 is 19.2 Å². The Morgan fingerprint density at radius 1 is 0.929 bits per heavy atom. The van der Waals surface area contributed by atoms with E-state index in [1.807, 2.05) is 6.92 Å². The average molecular weight is 399 g/mol. The van der Waals surface area contributed by atoms with E-state index in [0.29, 0.717) is 10.6 Å². The molecular weight excluding hydrogens is 380 g/mol. The fraction of sp³-hybridized carbons (Fsp3) is 0.238. The molecular formula is C21H19ClN2O4. The minimum atomic E-state index is -1.04. The van der Waals surface area contributed by atoms with Gasteiger partial charge in [0.05, 0.1) is 0 Å². The first-order valence-corrected chi connectivity index (χ1v) is 9.23. The standard InChI is InChI=1S/C21H19ClN2O4/c1-13-3-5-15(6-4-13)20(27)14(2)23(24-18(25)11-12-19(24)26)21(28)16-7-9-17(22)10-8-16/h3-10,14H,11-12H2,1-2H3/t14-/m1/s1. The Hall–Kier alpha value is -2.99. The molecule has 1 saturated heterocycles. The summed E-state index contributed by atoms with van der Waals surface area (Å²) in [4.78, 5) is 50.7. The van der Waals surface area contributed by atoms with Crippen LogP contribution in [-0.4, -0.2) is 39.6 Å². The van der Waals surface area contributed by atoms with Crippen molar-refractivity contribution in [2.75, 3.05) is 0 Å². The Labute approximate surface area is 167 Å². The van der Waals surface area contributed by atoms with Gasteiger partial charge in [0.2, 0.25) is 11.8 Å². The Bertz CT molecular complexity index is 922. The summed E-state index contributed by atoms with van der Waals surface area (Å²) in [5, 5.41) is 2.21. The second-order valence-electron chi connectivity index (χ2n) is 6.66. The lowest BCUT2D eigenvalue weighted by molar-refractivity contribution is -0.154. The fourth-order valence-corrected chi connectivity index (χ4v) is 3.17. The second kappa shape index (κ2) is 7.94. The Morgan fingerprint density at radius 3 is 1.96 bits per heavy atom. The molecule has 0 radical (unpaired) electrons. The number of nitrogens with zero attached hydrogens (tertiary/aromatic N) is 2. The van der Waals surface area contributed by atoms with Gasteiger partial charge in [-0.3, -0.25) is 19.2 Å². The summed E-state index contributed by atoms with van der Waals surface area (Å²) >= 11 is 5.88. The fourth-order valence-electron chi connectivity index (χ4n) is 3.04. The molecule has 1 atom stereocenters. The summed E-state index contributed by atoms with van der Waals surface area (Å²) in [5.74, 6) is -1.99. The zero-order valence-corrected chi connectivity index (χ0v) is 16.3. The maximum Gasteiger partial charge on any atom is 0.273 e. The van der Waals surface area contributed by atoms with Gasteiger partial charge in [-0.15, -0.1) is 0 Å². The number of benzene rings is 2. The van der Waals surface area contributed by atoms with Gasteiger partial charge in [-0.25, -0.2) is 5.01 Å². The molecule has 0 aromatic heterocycles. The minimum absolute atomic E-state index is 0.00860. The van der Waals surface area contributed by atoms with Gasteiger partial charge in [0.15, 0.2) is 5.78 Å². The number of halogens is 1. The molecule has 2 aromatic rings. The van der Waals surface area contributed by atoms with E-state index in [-0.39, 0.29) is 24.2 Å². The third-order valence-corrected chi connectivity index (χ3v) is 4.87. The molecule has 3 amide bonds. The van der Waals surface area contributed by atoms with Crippen LogP contribution in [0.3, 0.4) is 0 Å². The SMILES string of the molecule is Cc1ccc(C(=O)[C@@H](C)N(C(=O)c2ccc(Cl)cc2)N2C(=O)CCC2=O)cc1. The topological polar surface area (TPSA) is 74.8 Å². The molecule has 3 rings (SSSR count). The van der Waals surface area contributed by atoms with Gasteiger partial charge in [0, 0.05) is 29.0 Å². The van der Waals surface area contributed by atoms with Crippen LogP contribution in [0.1, 0.15) is 46.0 Å². The molecule has 0 spiro atoms. The first kappa shape index (κ1) is 19.8. The van der Waals surface area contributed by atoms with E-state index in [4.69, 9.17) is 11.6 Å². The molecule has 28 heavy (non-hydrogen) atoms. The average Bonchev–Trinajstić information content (AvgIpc) is 3.01. The number of imide groups is 1. The van der Waals surface area contributed by atoms with Crippen LogP contribution >= 0.6 is 11.6 Å². The number of carbonyl (C=O) groups excluding carboxylic acids is 4. The summed E-state index contributed by atoms with van der Waals surface area (Å²) in [6, 6.07) is 11.9. The van der Waals surface area contributed by atoms with Crippen molar-refractivity contribution in [1.29, 1.82) is 0 Å². The Kier molecular flexibility index (Phi) is 5.61. The maximum absolute atomic E-state index is 13.2. The van der Waals surface area contributed by atoms with E-state index in [9.17, 15) is 19.2 Å². The number of Topliss-reactive ketones (excluding diaryl/α,β-unsaturated/α-hetero) is 1. The molecule has 6 nitrogen and oxygen atoms in total. The largest absolute Gasteiger partial charge is 0.292 e. The third-order valence-electron chi connectivity index (χ3n) is 4.62. The lowest BCUT2D eigenvalue weighted by Gasteiger charge is -2.34. The molecule has 0 N–H and O–H groups in total. The van der Waals surface area contributed by atoms with Crippen LogP contribution < -0.4 is 0 Å². The minimum Gasteiger partial charge on any atom is -0.292 e. The zero-order chi connectivity index (χ0) is 20.4. The summed E-state index contributed by atoms with van der Waals surface area (Å²) in [6.07, 6.45) is 0.0172. The Balaban J connectivity index is 2.00. The van der Waals surface area contributed by atoms with Crippen molar-refractivity contribution in [3.8, 4) is 0 Å². The van der Waals surface area contributed by atoms with E-state index in [1.54, 1.807) is 24.3 Å². The normalized spacial score (nSPS) is 14.9. The maximum atomic E-state index is 13.2. The monoisotopic (exact) mass is 398 g/mol. The highest BCUT2D eigenvalue weighted by atomic mass is 35.5. The van der Waals surface area contributed by atoms with Crippen molar-refractivity contribution >= 4 is 35.1 Å². The predicted octanol–water partition coefficient (Wildman–Crippen LogP) is 3.43. The van der Waals surface area contributed by atoms with Gasteiger partial charge in [-0.1, -0.05) is 41.4 Å². The third kappa shape index (κ3) is 3.82. The lowest BCUT2D eigenvalue weighted by Crippen LogP contribution is -2.55. The number of aryl methyl sites for hydroxylation is 1. The van der Waals surface area contributed by atoms with Gasteiger partial charge >= 0.3 is 0 Å². The summed E-state index contributed by atoms with van der Waals surface area (Å²) in [7, 11) is 0. The summed E-state index contributed by atoms with van der Waals surface area (Å²) < 4.78 is 0. The molecule has 0 bridgehead atoms. The molecule has 0 saturated carbocycles. The van der Waals surface area contributed by atoms with Gasteiger partial charge in [0.25, 0.3) is 5.91 Å². The number of ketones is 1. The zero-order valence-electron chi connectivity index (χ0n) is 15.5. The molecule has 0 unspecified atom stereocenters. The molecule has 2 aromatic carbocycles. The number of hydrogen-bond acceptors (Lipinski definition) is 4.